The van der Waals surface area contributed by atoms with E-state index in [1.807, 2.05) is 17.0 Å². The lowest BCUT2D eigenvalue weighted by atomic mass is 9.67. The molecular formula is C18H24N2O2. The molecule has 2 aliphatic heterocycles. The summed E-state index contributed by atoms with van der Waals surface area (Å²) in [4.78, 5) is 15.3. The molecule has 1 saturated heterocycles. The van der Waals surface area contributed by atoms with Gasteiger partial charge in [-0.25, -0.2) is 0 Å². The Morgan fingerprint density at radius 3 is 3.14 bits per heavy atom. The van der Waals surface area contributed by atoms with Crippen LogP contribution in [0.4, 0.5) is 0 Å². The summed E-state index contributed by atoms with van der Waals surface area (Å²) in [7, 11) is 0. The minimum absolute atomic E-state index is 0.160. The Hall–Kier alpha value is -1.55. The highest BCUT2D eigenvalue weighted by atomic mass is 16.3. The molecule has 1 aliphatic carbocycles. The lowest BCUT2D eigenvalue weighted by molar-refractivity contribution is -0.146. The molecule has 1 aromatic carbocycles. The maximum Gasteiger partial charge on any atom is 0.230 e. The number of amides is 1. The Morgan fingerprint density at radius 2 is 2.23 bits per heavy atom. The number of carbonyl (C=O) groups excluding carboxylic acids is 1. The maximum atomic E-state index is 13.3. The van der Waals surface area contributed by atoms with Gasteiger partial charge in [-0.3, -0.25) is 4.79 Å². The molecule has 2 N–H and O–H groups in total. The van der Waals surface area contributed by atoms with E-state index in [1.54, 1.807) is 6.07 Å². The van der Waals surface area contributed by atoms with Crippen LogP contribution in [0, 0.1) is 11.3 Å². The first-order valence-corrected chi connectivity index (χ1v) is 8.50. The Balaban J connectivity index is 1.58. The van der Waals surface area contributed by atoms with Crippen LogP contribution in [-0.4, -0.2) is 35.5 Å². The van der Waals surface area contributed by atoms with Gasteiger partial charge in [0.25, 0.3) is 0 Å². The Morgan fingerprint density at radius 1 is 1.32 bits per heavy atom. The van der Waals surface area contributed by atoms with Gasteiger partial charge in [-0.1, -0.05) is 18.9 Å². The molecule has 1 aromatic rings. The molecule has 3 aliphatic rings. The summed E-state index contributed by atoms with van der Waals surface area (Å²) in [6.45, 7) is 3.30. The van der Waals surface area contributed by atoms with E-state index in [0.717, 1.165) is 38.0 Å². The number of nitrogens with one attached hydrogen (secondary N) is 1. The van der Waals surface area contributed by atoms with Crippen molar-refractivity contribution in [1.82, 2.24) is 10.2 Å². The summed E-state index contributed by atoms with van der Waals surface area (Å²) >= 11 is 0. The topological polar surface area (TPSA) is 52.6 Å². The van der Waals surface area contributed by atoms with Gasteiger partial charge in [-0.2, -0.15) is 0 Å². The lowest BCUT2D eigenvalue weighted by Crippen LogP contribution is -2.50. The van der Waals surface area contributed by atoms with Gasteiger partial charge in [0, 0.05) is 19.6 Å². The lowest BCUT2D eigenvalue weighted by Gasteiger charge is -2.42. The summed E-state index contributed by atoms with van der Waals surface area (Å²) < 4.78 is 0. The van der Waals surface area contributed by atoms with E-state index in [1.165, 1.54) is 24.8 Å². The molecule has 0 bridgehead atoms. The first-order valence-electron chi connectivity index (χ1n) is 8.50. The molecule has 0 aromatic heterocycles. The number of aromatic hydroxyl groups is 1. The minimum Gasteiger partial charge on any atom is -0.508 e. The molecule has 118 valence electrons. The van der Waals surface area contributed by atoms with E-state index in [4.69, 9.17) is 0 Å². The number of rotatable bonds is 1. The fourth-order valence-electron chi connectivity index (χ4n) is 4.70. The van der Waals surface area contributed by atoms with E-state index >= 15 is 0 Å². The third-order valence-corrected chi connectivity index (χ3v) is 5.95. The molecule has 1 amide bonds. The first kappa shape index (κ1) is 14.1. The standard InChI is InChI=1S/C18H24N2O2/c21-16-5-4-13-6-8-20(11-14(13)9-16)17(22)18-7-2-1-3-15(18)10-19-12-18/h4-5,9,15,19,21H,1-3,6-8,10-12H2/t15-,18+/m0/s1. The Kier molecular flexibility index (Phi) is 3.37. The van der Waals surface area contributed by atoms with Gasteiger partial charge in [-0.15, -0.1) is 0 Å². The molecule has 2 fully saturated rings. The number of phenolic OH excluding ortho intramolecular Hbond substituents is 1. The van der Waals surface area contributed by atoms with E-state index in [0.29, 0.717) is 24.1 Å². The quantitative estimate of drug-likeness (QED) is 0.834. The van der Waals surface area contributed by atoms with E-state index < -0.39 is 0 Å². The van der Waals surface area contributed by atoms with E-state index in [9.17, 15) is 9.90 Å². The molecule has 0 radical (unpaired) electrons. The van der Waals surface area contributed by atoms with E-state index in [2.05, 4.69) is 5.32 Å². The van der Waals surface area contributed by atoms with Crippen LogP contribution in [0.5, 0.6) is 5.75 Å². The number of hydrogen-bond donors (Lipinski definition) is 2. The molecule has 0 unspecified atom stereocenters. The van der Waals surface area contributed by atoms with Crippen molar-refractivity contribution in [3.8, 4) is 5.75 Å². The van der Waals surface area contributed by atoms with Gasteiger partial charge >= 0.3 is 0 Å². The molecule has 4 rings (SSSR count). The van der Waals surface area contributed by atoms with Crippen molar-refractivity contribution in [2.24, 2.45) is 11.3 Å². The largest absolute Gasteiger partial charge is 0.508 e. The van der Waals surface area contributed by atoms with Crippen LogP contribution >= 0.6 is 0 Å². The summed E-state index contributed by atoms with van der Waals surface area (Å²) in [5.41, 5.74) is 2.21. The predicted molar refractivity (Wildman–Crippen MR) is 84.5 cm³/mol. The molecule has 1 saturated carbocycles. The van der Waals surface area contributed by atoms with Gasteiger partial charge in [0.05, 0.1) is 5.41 Å². The van der Waals surface area contributed by atoms with Crippen LogP contribution in [0.2, 0.25) is 0 Å². The normalized spacial score (nSPS) is 30.7. The van der Waals surface area contributed by atoms with Crippen LogP contribution in [0.15, 0.2) is 18.2 Å². The molecule has 22 heavy (non-hydrogen) atoms. The van der Waals surface area contributed by atoms with Crippen molar-refractivity contribution in [2.75, 3.05) is 19.6 Å². The average molecular weight is 300 g/mol. The van der Waals surface area contributed by atoms with Crippen molar-refractivity contribution < 1.29 is 9.90 Å². The zero-order chi connectivity index (χ0) is 15.2. The summed E-state index contributed by atoms with van der Waals surface area (Å²) in [6.07, 6.45) is 5.56. The second-order valence-corrected chi connectivity index (χ2v) is 7.16. The summed E-state index contributed by atoms with van der Waals surface area (Å²) in [5, 5.41) is 13.2. The van der Waals surface area contributed by atoms with Crippen LogP contribution < -0.4 is 5.32 Å². The van der Waals surface area contributed by atoms with Crippen molar-refractivity contribution in [3.63, 3.8) is 0 Å². The number of phenols is 1. The minimum atomic E-state index is -0.160. The molecule has 2 atom stereocenters. The van der Waals surface area contributed by atoms with Crippen molar-refractivity contribution in [2.45, 2.75) is 38.6 Å². The first-order chi connectivity index (χ1) is 10.7. The Labute approximate surface area is 131 Å². The number of nitrogens with zero attached hydrogens (tertiary/aromatic N) is 1. The smallest absolute Gasteiger partial charge is 0.230 e. The molecule has 0 spiro atoms. The average Bonchev–Trinajstić information content (AvgIpc) is 2.98. The predicted octanol–water partition coefficient (Wildman–Crippen LogP) is 2.06. The second-order valence-electron chi connectivity index (χ2n) is 7.16. The third kappa shape index (κ3) is 2.12. The highest BCUT2D eigenvalue weighted by Crippen LogP contribution is 2.45. The molecule has 2 heterocycles. The van der Waals surface area contributed by atoms with Gasteiger partial charge < -0.3 is 15.3 Å². The van der Waals surface area contributed by atoms with Crippen LogP contribution in [0.25, 0.3) is 0 Å². The zero-order valence-electron chi connectivity index (χ0n) is 13.0. The monoisotopic (exact) mass is 300 g/mol. The fourth-order valence-corrected chi connectivity index (χ4v) is 4.70. The number of benzene rings is 1. The summed E-state index contributed by atoms with van der Waals surface area (Å²) in [6, 6.07) is 5.55. The van der Waals surface area contributed by atoms with Crippen LogP contribution in [0.1, 0.15) is 36.8 Å². The van der Waals surface area contributed by atoms with Crippen LogP contribution in [-0.2, 0) is 17.8 Å². The van der Waals surface area contributed by atoms with Crippen molar-refractivity contribution >= 4 is 5.91 Å². The SMILES string of the molecule is O=C(N1CCc2ccc(O)cc2C1)[C@@]12CCCC[C@H]1CNC2. The number of fused-ring (bicyclic) bond motifs is 2. The summed E-state index contributed by atoms with van der Waals surface area (Å²) in [5.74, 6) is 1.15. The van der Waals surface area contributed by atoms with Gasteiger partial charge in [0.2, 0.25) is 5.91 Å². The van der Waals surface area contributed by atoms with Gasteiger partial charge in [0.1, 0.15) is 5.75 Å². The van der Waals surface area contributed by atoms with Crippen molar-refractivity contribution in [3.05, 3.63) is 29.3 Å². The zero-order valence-corrected chi connectivity index (χ0v) is 13.0. The van der Waals surface area contributed by atoms with Gasteiger partial charge in [0.15, 0.2) is 0 Å². The molecule has 4 nitrogen and oxygen atoms in total. The molecular weight excluding hydrogens is 276 g/mol. The van der Waals surface area contributed by atoms with E-state index in [-0.39, 0.29) is 5.41 Å². The second kappa shape index (κ2) is 5.27. The Bertz CT molecular complexity index is 601. The van der Waals surface area contributed by atoms with Crippen molar-refractivity contribution in [1.29, 1.82) is 0 Å². The van der Waals surface area contributed by atoms with Gasteiger partial charge in [-0.05, 0) is 55.0 Å². The number of carbonyl (C=O) groups is 1. The third-order valence-electron chi connectivity index (χ3n) is 5.95. The fraction of sp³-hybridized carbons (Fsp3) is 0.611. The van der Waals surface area contributed by atoms with Crippen LogP contribution in [0.3, 0.4) is 0 Å². The number of hydrogen-bond acceptors (Lipinski definition) is 3. The maximum absolute atomic E-state index is 13.3. The highest BCUT2D eigenvalue weighted by Gasteiger charge is 2.51. The molecule has 4 heteroatoms. The highest BCUT2D eigenvalue weighted by molar-refractivity contribution is 5.84.